The third kappa shape index (κ3) is 4.95. The number of nitrogens with zero attached hydrogens (tertiary/aromatic N) is 3. The minimum absolute atomic E-state index is 0.0164. The summed E-state index contributed by atoms with van der Waals surface area (Å²) in [5.41, 5.74) is 2.30. The molecule has 0 saturated heterocycles. The topological polar surface area (TPSA) is 68.5 Å². The van der Waals surface area contributed by atoms with E-state index in [1.807, 2.05) is 41.0 Å². The fourth-order valence-corrected chi connectivity index (χ4v) is 3.34. The van der Waals surface area contributed by atoms with Crippen molar-refractivity contribution in [2.45, 2.75) is 40.4 Å². The molecule has 1 N–H and O–H groups in total. The smallest absolute Gasteiger partial charge is 0.338 e. The fraction of sp³-hybridized carbons (Fsp3) is 0.526. The number of amides is 1. The van der Waals surface area contributed by atoms with Crippen molar-refractivity contribution in [3.05, 3.63) is 28.5 Å². The van der Waals surface area contributed by atoms with Crippen LogP contribution in [0, 0.1) is 4.77 Å². The molecule has 0 aliphatic carbocycles. The van der Waals surface area contributed by atoms with Crippen molar-refractivity contribution < 1.29 is 14.3 Å². The van der Waals surface area contributed by atoms with Crippen molar-refractivity contribution in [2.75, 3.05) is 26.7 Å². The van der Waals surface area contributed by atoms with E-state index in [2.05, 4.69) is 5.32 Å². The lowest BCUT2D eigenvalue weighted by molar-refractivity contribution is -0.122. The number of esters is 1. The van der Waals surface area contributed by atoms with Crippen LogP contribution in [0.15, 0.2) is 18.2 Å². The molecule has 0 aliphatic rings. The summed E-state index contributed by atoms with van der Waals surface area (Å²) in [6, 6.07) is 5.46. The first kappa shape index (κ1) is 21.1. The van der Waals surface area contributed by atoms with E-state index >= 15 is 0 Å². The minimum atomic E-state index is -0.353. The second kappa shape index (κ2) is 9.66. The van der Waals surface area contributed by atoms with Crippen LogP contribution in [-0.2, 0) is 22.7 Å². The highest BCUT2D eigenvalue weighted by Crippen LogP contribution is 2.21. The first-order valence-corrected chi connectivity index (χ1v) is 9.69. The Morgan fingerprint density at radius 2 is 1.93 bits per heavy atom. The maximum absolute atomic E-state index is 12.1. The van der Waals surface area contributed by atoms with Crippen LogP contribution in [0.1, 0.15) is 37.6 Å². The van der Waals surface area contributed by atoms with E-state index < -0.39 is 0 Å². The number of aromatic nitrogens is 2. The zero-order chi connectivity index (χ0) is 20.0. The van der Waals surface area contributed by atoms with Crippen LogP contribution in [0.25, 0.3) is 11.0 Å². The van der Waals surface area contributed by atoms with Gasteiger partial charge in [0.05, 0.1) is 36.4 Å². The molecule has 0 spiro atoms. The molecule has 1 aromatic carbocycles. The molecule has 0 unspecified atom stereocenters. The minimum Gasteiger partial charge on any atom is -0.462 e. The number of imidazole rings is 1. The number of benzene rings is 1. The molecular weight excluding hydrogens is 364 g/mol. The van der Waals surface area contributed by atoms with Crippen molar-refractivity contribution in [1.82, 2.24) is 19.4 Å². The quantitative estimate of drug-likeness (QED) is 0.525. The van der Waals surface area contributed by atoms with Gasteiger partial charge in [0.2, 0.25) is 5.91 Å². The lowest BCUT2D eigenvalue weighted by Crippen LogP contribution is -2.36. The van der Waals surface area contributed by atoms with E-state index in [-0.39, 0.29) is 18.4 Å². The molecule has 148 valence electrons. The van der Waals surface area contributed by atoms with Crippen LogP contribution in [0.5, 0.6) is 0 Å². The van der Waals surface area contributed by atoms with E-state index in [0.717, 1.165) is 24.0 Å². The van der Waals surface area contributed by atoms with Gasteiger partial charge in [0, 0.05) is 13.1 Å². The molecule has 2 rings (SSSR count). The monoisotopic (exact) mass is 392 g/mol. The molecule has 0 fully saturated rings. The summed E-state index contributed by atoms with van der Waals surface area (Å²) in [6.45, 7) is 8.28. The van der Waals surface area contributed by atoms with Gasteiger partial charge in [0.25, 0.3) is 0 Å². The van der Waals surface area contributed by atoms with E-state index in [1.165, 1.54) is 0 Å². The van der Waals surface area contributed by atoms with Gasteiger partial charge < -0.3 is 19.2 Å². The second-order valence-corrected chi connectivity index (χ2v) is 6.75. The number of ether oxygens (including phenoxy) is 1. The summed E-state index contributed by atoms with van der Waals surface area (Å²) in [7, 11) is 1.87. The van der Waals surface area contributed by atoms with Gasteiger partial charge in [-0.25, -0.2) is 4.79 Å². The van der Waals surface area contributed by atoms with Gasteiger partial charge in [-0.15, -0.1) is 0 Å². The van der Waals surface area contributed by atoms with Gasteiger partial charge in [-0.1, -0.05) is 6.92 Å². The van der Waals surface area contributed by atoms with Crippen LogP contribution in [0.3, 0.4) is 0 Å². The molecule has 1 heterocycles. The molecule has 1 amide bonds. The normalized spacial score (nSPS) is 11.1. The van der Waals surface area contributed by atoms with E-state index in [9.17, 15) is 9.59 Å². The molecule has 0 aliphatic heterocycles. The Labute approximate surface area is 164 Å². The standard InChI is InChI=1S/C19H28N4O3S/c1-5-10-20-17(24)12-21(4)13-23-16-11-14(18(25)26-7-3)8-9-15(16)22(6-2)19(23)27/h8-9,11H,5-7,10,12-13H2,1-4H3,(H,20,24). The van der Waals surface area contributed by atoms with Crippen LogP contribution in [0.2, 0.25) is 0 Å². The first-order chi connectivity index (χ1) is 12.9. The number of hydrogen-bond acceptors (Lipinski definition) is 5. The van der Waals surface area contributed by atoms with Crippen molar-refractivity contribution >= 4 is 35.1 Å². The predicted octanol–water partition coefficient (Wildman–Crippen LogP) is 2.78. The van der Waals surface area contributed by atoms with Crippen molar-refractivity contribution in [3.63, 3.8) is 0 Å². The Kier molecular flexibility index (Phi) is 7.55. The summed E-state index contributed by atoms with van der Waals surface area (Å²) in [4.78, 5) is 26.0. The van der Waals surface area contributed by atoms with Gasteiger partial charge in [-0.2, -0.15) is 0 Å². The maximum Gasteiger partial charge on any atom is 0.338 e. The van der Waals surface area contributed by atoms with E-state index in [1.54, 1.807) is 19.1 Å². The molecule has 0 bridgehead atoms. The summed E-state index contributed by atoms with van der Waals surface area (Å²) < 4.78 is 9.74. The molecule has 0 saturated carbocycles. The number of nitrogens with one attached hydrogen (secondary N) is 1. The molecular formula is C19H28N4O3S. The number of carbonyl (C=O) groups is 2. The van der Waals surface area contributed by atoms with Gasteiger partial charge in [0.15, 0.2) is 4.77 Å². The van der Waals surface area contributed by atoms with E-state index in [4.69, 9.17) is 17.0 Å². The average molecular weight is 393 g/mol. The molecule has 8 heteroatoms. The largest absolute Gasteiger partial charge is 0.462 e. The van der Waals surface area contributed by atoms with E-state index in [0.29, 0.717) is 30.2 Å². The highest BCUT2D eigenvalue weighted by atomic mass is 32.1. The van der Waals surface area contributed by atoms with Crippen LogP contribution in [-0.4, -0.2) is 52.7 Å². The number of likely N-dealkylation sites (N-methyl/N-ethyl adjacent to an activating group) is 1. The Morgan fingerprint density at radius 3 is 2.56 bits per heavy atom. The Bertz CT molecular complexity index is 872. The highest BCUT2D eigenvalue weighted by molar-refractivity contribution is 7.71. The number of fused-ring (bicyclic) bond motifs is 1. The number of rotatable bonds is 9. The summed E-state index contributed by atoms with van der Waals surface area (Å²) >= 11 is 5.64. The molecule has 0 radical (unpaired) electrons. The first-order valence-electron chi connectivity index (χ1n) is 9.28. The highest BCUT2D eigenvalue weighted by Gasteiger charge is 2.15. The maximum atomic E-state index is 12.1. The van der Waals surface area contributed by atoms with Crippen molar-refractivity contribution in [3.8, 4) is 0 Å². The Balaban J connectivity index is 2.34. The van der Waals surface area contributed by atoms with Crippen molar-refractivity contribution in [2.24, 2.45) is 0 Å². The van der Waals surface area contributed by atoms with Crippen LogP contribution in [0.4, 0.5) is 0 Å². The number of carbonyl (C=O) groups excluding carboxylic acids is 2. The van der Waals surface area contributed by atoms with Gasteiger partial charge >= 0.3 is 5.97 Å². The third-order valence-electron chi connectivity index (χ3n) is 4.21. The van der Waals surface area contributed by atoms with Crippen LogP contribution < -0.4 is 5.32 Å². The van der Waals surface area contributed by atoms with Gasteiger partial charge in [-0.05, 0) is 57.7 Å². The molecule has 7 nitrogen and oxygen atoms in total. The van der Waals surface area contributed by atoms with Gasteiger partial charge in [-0.3, -0.25) is 9.69 Å². The van der Waals surface area contributed by atoms with Crippen LogP contribution >= 0.6 is 12.2 Å². The lowest BCUT2D eigenvalue weighted by Gasteiger charge is -2.17. The molecule has 27 heavy (non-hydrogen) atoms. The van der Waals surface area contributed by atoms with Gasteiger partial charge in [0.1, 0.15) is 0 Å². The zero-order valence-corrected chi connectivity index (χ0v) is 17.3. The third-order valence-corrected chi connectivity index (χ3v) is 4.66. The number of hydrogen-bond donors (Lipinski definition) is 1. The fourth-order valence-electron chi connectivity index (χ4n) is 2.96. The summed E-state index contributed by atoms with van der Waals surface area (Å²) in [5, 5.41) is 2.87. The molecule has 2 aromatic rings. The zero-order valence-electron chi connectivity index (χ0n) is 16.4. The van der Waals surface area contributed by atoms with Crippen molar-refractivity contribution in [1.29, 1.82) is 0 Å². The predicted molar refractivity (Wildman–Crippen MR) is 108 cm³/mol. The number of aryl methyl sites for hydroxylation is 1. The molecule has 1 aromatic heterocycles. The molecule has 0 atom stereocenters. The summed E-state index contributed by atoms with van der Waals surface area (Å²) in [5.74, 6) is -0.370. The Morgan fingerprint density at radius 1 is 1.19 bits per heavy atom. The lowest BCUT2D eigenvalue weighted by atomic mass is 10.2. The average Bonchev–Trinajstić information content (AvgIpc) is 2.90. The second-order valence-electron chi connectivity index (χ2n) is 6.38. The summed E-state index contributed by atoms with van der Waals surface area (Å²) in [6.07, 6.45) is 0.904. The Hall–Kier alpha value is -2.19. The SMILES string of the molecule is CCCNC(=O)CN(C)Cn1c(=S)n(CC)c2ccc(C(=O)OCC)cc21.